The van der Waals surface area contributed by atoms with E-state index in [2.05, 4.69) is 9.82 Å². The molecule has 0 radical (unpaired) electrons. The van der Waals surface area contributed by atoms with Crippen molar-refractivity contribution in [1.82, 2.24) is 14.5 Å². The first-order valence-corrected chi connectivity index (χ1v) is 7.52. The number of nitrogens with one attached hydrogen (secondary N) is 1. The highest BCUT2D eigenvalue weighted by atomic mass is 32.2. The summed E-state index contributed by atoms with van der Waals surface area (Å²) in [6.07, 6.45) is 0.553. The molecule has 0 saturated heterocycles. The number of carboxylic acids is 1. The highest BCUT2D eigenvalue weighted by Crippen LogP contribution is 2.19. The molecule has 0 amide bonds. The Morgan fingerprint density at radius 2 is 2.10 bits per heavy atom. The normalized spacial score (nSPS) is 11.8. The first kappa shape index (κ1) is 16.6. The van der Waals surface area contributed by atoms with E-state index in [9.17, 15) is 13.2 Å². The van der Waals surface area contributed by atoms with Gasteiger partial charge in [0.25, 0.3) is 0 Å². The highest BCUT2D eigenvalue weighted by molar-refractivity contribution is 7.89. The quantitative estimate of drug-likeness (QED) is 0.649. The number of hydrogen-bond donors (Lipinski definition) is 2. The zero-order valence-electron chi connectivity index (χ0n) is 11.7. The maximum atomic E-state index is 12.2. The van der Waals surface area contributed by atoms with Gasteiger partial charge in [0.05, 0.1) is 11.4 Å². The van der Waals surface area contributed by atoms with Gasteiger partial charge >= 0.3 is 5.97 Å². The second-order valence-corrected chi connectivity index (χ2v) is 6.00. The van der Waals surface area contributed by atoms with Gasteiger partial charge in [-0.1, -0.05) is 0 Å². The Hall–Kier alpha value is -1.45. The van der Waals surface area contributed by atoms with Crippen LogP contribution in [0.1, 0.15) is 17.8 Å². The van der Waals surface area contributed by atoms with E-state index >= 15 is 0 Å². The van der Waals surface area contributed by atoms with Gasteiger partial charge < -0.3 is 9.84 Å². The molecular weight excluding hydrogens is 286 g/mol. The minimum absolute atomic E-state index is 0.0381. The Kier molecular flexibility index (Phi) is 5.66. The molecule has 1 rings (SSSR count). The Morgan fingerprint density at radius 1 is 1.45 bits per heavy atom. The van der Waals surface area contributed by atoms with Crippen LogP contribution >= 0.6 is 0 Å². The first-order chi connectivity index (χ1) is 9.29. The summed E-state index contributed by atoms with van der Waals surface area (Å²) < 4.78 is 32.8. The van der Waals surface area contributed by atoms with Crippen LogP contribution in [-0.2, 0) is 26.1 Å². The third kappa shape index (κ3) is 4.02. The molecule has 114 valence electrons. The summed E-state index contributed by atoms with van der Waals surface area (Å²) in [6.45, 7) is 3.41. The summed E-state index contributed by atoms with van der Waals surface area (Å²) in [4.78, 5) is 10.7. The zero-order chi connectivity index (χ0) is 15.3. The number of rotatable bonds is 8. The average Bonchev–Trinajstić information content (AvgIpc) is 2.60. The van der Waals surface area contributed by atoms with Crippen LogP contribution in [-0.4, -0.2) is 49.5 Å². The standard InChI is InChI=1S/C11H19N3O5S/c1-8-11(9(2)14(13-8)7-10(15)16)20(17,18)12-5-4-6-19-3/h12H,4-7H2,1-3H3,(H,15,16). The average molecular weight is 305 g/mol. The largest absolute Gasteiger partial charge is 0.480 e. The van der Waals surface area contributed by atoms with E-state index in [1.807, 2.05) is 0 Å². The molecule has 2 N–H and O–H groups in total. The maximum Gasteiger partial charge on any atom is 0.325 e. The monoisotopic (exact) mass is 305 g/mol. The summed E-state index contributed by atoms with van der Waals surface area (Å²) in [5.74, 6) is -1.08. The number of methoxy groups -OCH3 is 1. The molecule has 20 heavy (non-hydrogen) atoms. The van der Waals surface area contributed by atoms with Crippen molar-refractivity contribution in [2.45, 2.75) is 31.7 Å². The minimum atomic E-state index is -3.70. The molecule has 9 heteroatoms. The van der Waals surface area contributed by atoms with Crippen LogP contribution in [0.15, 0.2) is 4.90 Å². The third-order valence-electron chi connectivity index (χ3n) is 2.69. The molecule has 0 fully saturated rings. The maximum absolute atomic E-state index is 12.2. The fraction of sp³-hybridized carbons (Fsp3) is 0.636. The lowest BCUT2D eigenvalue weighted by Gasteiger charge is -2.07. The Labute approximate surface area is 117 Å². The van der Waals surface area contributed by atoms with Gasteiger partial charge in [-0.3, -0.25) is 9.48 Å². The van der Waals surface area contributed by atoms with Crippen molar-refractivity contribution in [2.75, 3.05) is 20.3 Å². The van der Waals surface area contributed by atoms with Crippen molar-refractivity contribution in [1.29, 1.82) is 0 Å². The summed E-state index contributed by atoms with van der Waals surface area (Å²) in [5.41, 5.74) is 0.590. The predicted octanol–water partition coefficient (Wildman–Crippen LogP) is -0.101. The van der Waals surface area contributed by atoms with E-state index in [0.29, 0.717) is 18.7 Å². The second-order valence-electron chi connectivity index (χ2n) is 4.30. The lowest BCUT2D eigenvalue weighted by molar-refractivity contribution is -0.137. The van der Waals surface area contributed by atoms with Crippen molar-refractivity contribution in [3.63, 3.8) is 0 Å². The molecule has 0 atom stereocenters. The molecule has 1 heterocycles. The number of aryl methyl sites for hydroxylation is 1. The summed E-state index contributed by atoms with van der Waals surface area (Å²) >= 11 is 0. The molecule has 8 nitrogen and oxygen atoms in total. The van der Waals surface area contributed by atoms with E-state index in [1.165, 1.54) is 18.5 Å². The zero-order valence-corrected chi connectivity index (χ0v) is 12.5. The lowest BCUT2D eigenvalue weighted by atomic mass is 10.4. The Balaban J connectivity index is 2.94. The fourth-order valence-corrected chi connectivity index (χ4v) is 3.33. The van der Waals surface area contributed by atoms with Gasteiger partial charge in [0.2, 0.25) is 10.0 Å². The van der Waals surface area contributed by atoms with Crippen molar-refractivity contribution in [2.24, 2.45) is 0 Å². The lowest BCUT2D eigenvalue weighted by Crippen LogP contribution is -2.26. The van der Waals surface area contributed by atoms with Crippen molar-refractivity contribution >= 4 is 16.0 Å². The third-order valence-corrected chi connectivity index (χ3v) is 4.40. The van der Waals surface area contributed by atoms with Gasteiger partial charge in [-0.2, -0.15) is 5.10 Å². The topological polar surface area (TPSA) is 111 Å². The van der Waals surface area contributed by atoms with Crippen LogP contribution in [0, 0.1) is 13.8 Å². The van der Waals surface area contributed by atoms with E-state index in [-0.39, 0.29) is 23.7 Å². The van der Waals surface area contributed by atoms with Crippen molar-refractivity contribution in [3.8, 4) is 0 Å². The van der Waals surface area contributed by atoms with E-state index in [1.54, 1.807) is 7.11 Å². The van der Waals surface area contributed by atoms with Gasteiger partial charge in [0.1, 0.15) is 11.4 Å². The molecule has 0 aliphatic rings. The van der Waals surface area contributed by atoms with E-state index in [4.69, 9.17) is 9.84 Å². The second kappa shape index (κ2) is 6.82. The number of sulfonamides is 1. The Morgan fingerprint density at radius 3 is 2.65 bits per heavy atom. The first-order valence-electron chi connectivity index (χ1n) is 6.04. The van der Waals surface area contributed by atoms with E-state index in [0.717, 1.165) is 0 Å². The van der Waals surface area contributed by atoms with Crippen LogP contribution in [0.3, 0.4) is 0 Å². The van der Waals surface area contributed by atoms with Crippen LogP contribution in [0.5, 0.6) is 0 Å². The summed E-state index contributed by atoms with van der Waals surface area (Å²) in [5, 5.41) is 12.7. The smallest absolute Gasteiger partial charge is 0.325 e. The molecule has 1 aromatic rings. The molecule has 1 aromatic heterocycles. The van der Waals surface area contributed by atoms with Gasteiger partial charge in [-0.05, 0) is 20.3 Å². The van der Waals surface area contributed by atoms with Crippen molar-refractivity contribution in [3.05, 3.63) is 11.4 Å². The molecule has 0 aromatic carbocycles. The fourth-order valence-electron chi connectivity index (χ4n) is 1.85. The van der Waals surface area contributed by atoms with Crippen LogP contribution in [0.4, 0.5) is 0 Å². The number of hydrogen-bond acceptors (Lipinski definition) is 5. The molecule has 0 bridgehead atoms. The summed E-state index contributed by atoms with van der Waals surface area (Å²) in [6, 6.07) is 0. The molecule has 0 unspecified atom stereocenters. The van der Waals surface area contributed by atoms with Crippen LogP contribution in [0.25, 0.3) is 0 Å². The molecule has 0 aliphatic heterocycles. The van der Waals surface area contributed by atoms with Crippen molar-refractivity contribution < 1.29 is 23.1 Å². The van der Waals surface area contributed by atoms with E-state index < -0.39 is 16.0 Å². The van der Waals surface area contributed by atoms with Crippen LogP contribution in [0.2, 0.25) is 0 Å². The van der Waals surface area contributed by atoms with Gasteiger partial charge in [0, 0.05) is 20.3 Å². The molecule has 0 saturated carbocycles. The molecular formula is C11H19N3O5S. The van der Waals surface area contributed by atoms with Gasteiger partial charge in [-0.25, -0.2) is 13.1 Å². The minimum Gasteiger partial charge on any atom is -0.480 e. The number of carbonyl (C=O) groups is 1. The molecule has 0 aliphatic carbocycles. The van der Waals surface area contributed by atoms with Gasteiger partial charge in [-0.15, -0.1) is 0 Å². The number of ether oxygens (including phenoxy) is 1. The number of aromatic nitrogens is 2. The SMILES string of the molecule is COCCCNS(=O)(=O)c1c(C)nn(CC(=O)O)c1C. The highest BCUT2D eigenvalue weighted by Gasteiger charge is 2.24. The summed E-state index contributed by atoms with van der Waals surface area (Å²) in [7, 11) is -2.16. The van der Waals surface area contributed by atoms with Crippen LogP contribution < -0.4 is 4.72 Å². The number of carboxylic acid groups (broad SMARTS) is 1. The molecule has 0 spiro atoms. The van der Waals surface area contributed by atoms with Gasteiger partial charge in [0.15, 0.2) is 0 Å². The predicted molar refractivity (Wildman–Crippen MR) is 71.0 cm³/mol. The number of aliphatic carboxylic acids is 1. The Bertz CT molecular complexity index is 579. The number of nitrogens with zero attached hydrogens (tertiary/aromatic N) is 2.